The van der Waals surface area contributed by atoms with Crippen molar-refractivity contribution in [1.29, 1.82) is 0 Å². The fourth-order valence-electron chi connectivity index (χ4n) is 4.25. The SMILES string of the molecule is CCCC1C(=O)N(S(=O)(=O)[O-])C1OC(C)=O.CCCC[N+](CCCC)(CCCC)CCCC. The zero-order chi connectivity index (χ0) is 25.5. The number of esters is 1. The van der Waals surface area contributed by atoms with E-state index >= 15 is 0 Å². The van der Waals surface area contributed by atoms with E-state index in [1.165, 1.54) is 82.0 Å². The first-order valence-corrected chi connectivity index (χ1v) is 14.2. The Hall–Kier alpha value is -1.19. The summed E-state index contributed by atoms with van der Waals surface area (Å²) >= 11 is 0. The van der Waals surface area contributed by atoms with Crippen LogP contribution in [0.2, 0.25) is 0 Å². The number of nitrogens with zero attached hydrogens (tertiary/aromatic N) is 2. The molecule has 0 bridgehead atoms. The van der Waals surface area contributed by atoms with Gasteiger partial charge in [0.2, 0.25) is 12.1 Å². The molecule has 1 amide bonds. The Balaban J connectivity index is 0.000000621. The summed E-state index contributed by atoms with van der Waals surface area (Å²) in [4.78, 5) is 22.1. The molecule has 9 heteroatoms. The molecule has 0 aromatic carbocycles. The number of amides is 1. The molecule has 0 radical (unpaired) electrons. The molecular formula is C24H48N2O6S. The summed E-state index contributed by atoms with van der Waals surface area (Å²) in [7, 11) is -4.90. The molecule has 2 unspecified atom stereocenters. The number of carbonyl (C=O) groups is 2. The third kappa shape index (κ3) is 11.2. The van der Waals surface area contributed by atoms with Gasteiger partial charge in [0, 0.05) is 6.92 Å². The summed E-state index contributed by atoms with van der Waals surface area (Å²) < 4.78 is 38.3. The average molecular weight is 493 g/mol. The van der Waals surface area contributed by atoms with Crippen LogP contribution in [0.1, 0.15) is 106 Å². The highest BCUT2D eigenvalue weighted by Crippen LogP contribution is 2.33. The first-order chi connectivity index (χ1) is 15.5. The van der Waals surface area contributed by atoms with Crippen LogP contribution in [0, 0.1) is 5.92 Å². The fraction of sp³-hybridized carbons (Fsp3) is 0.917. The number of ether oxygens (including phenoxy) is 1. The first kappa shape index (κ1) is 31.8. The topological polar surface area (TPSA) is 104 Å². The largest absolute Gasteiger partial charge is 0.731 e. The van der Waals surface area contributed by atoms with Crippen molar-refractivity contribution in [3.63, 3.8) is 0 Å². The highest BCUT2D eigenvalue weighted by molar-refractivity contribution is 7.84. The lowest BCUT2D eigenvalue weighted by Crippen LogP contribution is -2.64. The minimum Gasteiger partial charge on any atom is -0.731 e. The van der Waals surface area contributed by atoms with Crippen LogP contribution >= 0.6 is 0 Å². The number of unbranched alkanes of at least 4 members (excludes halogenated alkanes) is 4. The Morgan fingerprint density at radius 2 is 1.27 bits per heavy atom. The number of carbonyl (C=O) groups excluding carboxylic acids is 2. The van der Waals surface area contributed by atoms with E-state index in [0.29, 0.717) is 12.8 Å². The number of β-lactam (4-membered cyclic amide) rings is 1. The van der Waals surface area contributed by atoms with Crippen molar-refractivity contribution in [3.05, 3.63) is 0 Å². The van der Waals surface area contributed by atoms with Crippen LogP contribution in [0.5, 0.6) is 0 Å². The van der Waals surface area contributed by atoms with Crippen molar-refractivity contribution in [2.24, 2.45) is 5.92 Å². The van der Waals surface area contributed by atoms with Crippen LogP contribution in [-0.2, 0) is 24.6 Å². The standard InChI is InChI=1S/C16H36N.C8H13NO6S/c1-5-9-13-17(14-10-6-2,15-11-7-3)16-12-8-4;1-3-4-6-7(11)9(16(12,13)14)8(6)15-5(2)10/h5-16H2,1-4H3;6,8H,3-4H2,1-2H3,(H,12,13,14)/q+1;/p-1. The molecule has 0 saturated carbocycles. The molecule has 0 N–H and O–H groups in total. The molecule has 1 aliphatic heterocycles. The van der Waals surface area contributed by atoms with E-state index in [4.69, 9.17) is 0 Å². The minimum absolute atomic E-state index is 0.0781. The van der Waals surface area contributed by atoms with Gasteiger partial charge in [-0.1, -0.05) is 66.7 Å². The second-order valence-corrected chi connectivity index (χ2v) is 10.4. The van der Waals surface area contributed by atoms with Crippen LogP contribution in [0.15, 0.2) is 0 Å². The van der Waals surface area contributed by atoms with Crippen LogP contribution in [0.4, 0.5) is 0 Å². The lowest BCUT2D eigenvalue weighted by Gasteiger charge is -2.45. The molecule has 196 valence electrons. The number of hydrogen-bond donors (Lipinski definition) is 0. The van der Waals surface area contributed by atoms with Gasteiger partial charge >= 0.3 is 5.97 Å². The van der Waals surface area contributed by atoms with E-state index in [9.17, 15) is 22.6 Å². The van der Waals surface area contributed by atoms with E-state index in [1.54, 1.807) is 6.92 Å². The Morgan fingerprint density at radius 1 is 0.879 bits per heavy atom. The molecule has 0 aliphatic carbocycles. The molecule has 1 fully saturated rings. The average Bonchev–Trinajstić information content (AvgIpc) is 2.75. The predicted octanol–water partition coefficient (Wildman–Crippen LogP) is 4.60. The fourth-order valence-corrected chi connectivity index (χ4v) is 5.05. The maximum Gasteiger partial charge on any atom is 0.304 e. The van der Waals surface area contributed by atoms with Gasteiger partial charge in [-0.25, -0.2) is 12.7 Å². The summed E-state index contributed by atoms with van der Waals surface area (Å²) in [5, 5.41) is 0. The monoisotopic (exact) mass is 492 g/mol. The van der Waals surface area contributed by atoms with Crippen LogP contribution in [0.3, 0.4) is 0 Å². The number of rotatable bonds is 16. The quantitative estimate of drug-likeness (QED) is 0.135. The van der Waals surface area contributed by atoms with Gasteiger partial charge in [-0.3, -0.25) is 9.59 Å². The summed E-state index contributed by atoms with van der Waals surface area (Å²) in [5.74, 6) is -2.26. The van der Waals surface area contributed by atoms with Crippen LogP contribution in [0.25, 0.3) is 0 Å². The van der Waals surface area contributed by atoms with Crippen molar-refractivity contribution >= 4 is 22.2 Å². The minimum atomic E-state index is -4.90. The van der Waals surface area contributed by atoms with Crippen LogP contribution < -0.4 is 0 Å². The van der Waals surface area contributed by atoms with Gasteiger partial charge in [0.05, 0.1) is 32.1 Å². The molecule has 1 saturated heterocycles. The predicted molar refractivity (Wildman–Crippen MR) is 130 cm³/mol. The van der Waals surface area contributed by atoms with Crippen molar-refractivity contribution < 1.29 is 31.8 Å². The van der Waals surface area contributed by atoms with Crippen molar-refractivity contribution in [2.75, 3.05) is 26.2 Å². The lowest BCUT2D eigenvalue weighted by molar-refractivity contribution is -0.929. The van der Waals surface area contributed by atoms with Gasteiger partial charge < -0.3 is 13.8 Å². The van der Waals surface area contributed by atoms with E-state index in [-0.39, 0.29) is 4.31 Å². The molecule has 1 rings (SSSR count). The summed E-state index contributed by atoms with van der Waals surface area (Å²) in [6, 6.07) is 0. The third-order valence-electron chi connectivity index (χ3n) is 6.18. The Kier molecular flexibility index (Phi) is 15.8. The van der Waals surface area contributed by atoms with Gasteiger partial charge in [0.15, 0.2) is 10.3 Å². The normalized spacial score (nSPS) is 18.4. The smallest absolute Gasteiger partial charge is 0.304 e. The molecule has 33 heavy (non-hydrogen) atoms. The highest BCUT2D eigenvalue weighted by atomic mass is 32.2. The van der Waals surface area contributed by atoms with E-state index < -0.39 is 34.3 Å². The molecular weight excluding hydrogens is 444 g/mol. The van der Waals surface area contributed by atoms with Crippen LogP contribution in [-0.4, -0.2) is 66.0 Å². The third-order valence-corrected chi connectivity index (χ3v) is 7.05. The van der Waals surface area contributed by atoms with Gasteiger partial charge in [0.25, 0.3) is 0 Å². The summed E-state index contributed by atoms with van der Waals surface area (Å²) in [6.45, 7) is 17.9. The van der Waals surface area contributed by atoms with Gasteiger partial charge in [0.1, 0.15) is 0 Å². The van der Waals surface area contributed by atoms with Crippen molar-refractivity contribution in [3.8, 4) is 0 Å². The summed E-state index contributed by atoms with van der Waals surface area (Å²) in [5.41, 5.74) is 0. The zero-order valence-electron chi connectivity index (χ0n) is 21.8. The molecule has 1 heterocycles. The number of hydrogen-bond acceptors (Lipinski definition) is 6. The number of quaternary nitrogens is 1. The Morgan fingerprint density at radius 3 is 1.55 bits per heavy atom. The maximum absolute atomic E-state index is 11.3. The Labute approximate surface area is 202 Å². The van der Waals surface area contributed by atoms with Crippen molar-refractivity contribution in [1.82, 2.24) is 4.31 Å². The summed E-state index contributed by atoms with van der Waals surface area (Å²) in [6.07, 6.45) is 10.8. The van der Waals surface area contributed by atoms with E-state index in [1.807, 2.05) is 0 Å². The first-order valence-electron chi connectivity index (χ1n) is 12.8. The van der Waals surface area contributed by atoms with Gasteiger partial charge in [-0.05, 0) is 32.1 Å². The lowest BCUT2D eigenvalue weighted by atomic mass is 9.94. The molecule has 0 spiro atoms. The second-order valence-electron chi connectivity index (χ2n) is 9.14. The van der Waals surface area contributed by atoms with E-state index in [2.05, 4.69) is 32.4 Å². The molecule has 0 aromatic rings. The maximum atomic E-state index is 11.3. The molecule has 2 atom stereocenters. The van der Waals surface area contributed by atoms with Gasteiger partial charge in [-0.15, -0.1) is 0 Å². The van der Waals surface area contributed by atoms with Gasteiger partial charge in [-0.2, -0.15) is 0 Å². The molecule has 8 nitrogen and oxygen atoms in total. The van der Waals surface area contributed by atoms with Crippen molar-refractivity contribution in [2.45, 2.75) is 112 Å². The molecule has 1 aliphatic rings. The highest BCUT2D eigenvalue weighted by Gasteiger charge is 2.52. The Bertz CT molecular complexity index is 630. The zero-order valence-corrected chi connectivity index (χ0v) is 22.6. The van der Waals surface area contributed by atoms with E-state index in [0.717, 1.165) is 6.92 Å². The second kappa shape index (κ2) is 16.4. The molecule has 0 aromatic heterocycles.